The maximum Gasteiger partial charge on any atom is 0.0934 e. The van der Waals surface area contributed by atoms with Gasteiger partial charge in [-0.25, -0.2) is 0 Å². The van der Waals surface area contributed by atoms with Gasteiger partial charge in [0.15, 0.2) is 0 Å². The molecule has 0 aliphatic heterocycles. The number of para-hydroxylation sites is 1. The van der Waals surface area contributed by atoms with Gasteiger partial charge in [0.25, 0.3) is 0 Å². The third-order valence-electron chi connectivity index (χ3n) is 2.18. The molecule has 1 N–H and O–H groups in total. The molecule has 0 bridgehead atoms. The van der Waals surface area contributed by atoms with Crippen molar-refractivity contribution in [2.24, 2.45) is 0 Å². The SMILES string of the molecule is Cl/C=C/CNc1cccc2cc(Br)cnc12. The molecule has 2 rings (SSSR count). The van der Waals surface area contributed by atoms with Crippen molar-refractivity contribution in [2.45, 2.75) is 0 Å². The van der Waals surface area contributed by atoms with Crippen LogP contribution < -0.4 is 5.32 Å². The highest BCUT2D eigenvalue weighted by Crippen LogP contribution is 2.23. The van der Waals surface area contributed by atoms with Crippen molar-refractivity contribution >= 4 is 44.1 Å². The van der Waals surface area contributed by atoms with Crippen molar-refractivity contribution < 1.29 is 0 Å². The van der Waals surface area contributed by atoms with Crippen molar-refractivity contribution in [2.75, 3.05) is 11.9 Å². The molecule has 0 aliphatic carbocycles. The topological polar surface area (TPSA) is 24.9 Å². The smallest absolute Gasteiger partial charge is 0.0934 e. The number of hydrogen-bond donors (Lipinski definition) is 1. The van der Waals surface area contributed by atoms with E-state index in [2.05, 4.69) is 26.2 Å². The van der Waals surface area contributed by atoms with Crippen molar-refractivity contribution in [1.82, 2.24) is 4.98 Å². The number of anilines is 1. The number of halogens is 2. The minimum atomic E-state index is 0.695. The molecule has 0 saturated heterocycles. The zero-order valence-corrected chi connectivity index (χ0v) is 10.8. The fraction of sp³-hybridized carbons (Fsp3) is 0.0833. The first-order valence-electron chi connectivity index (χ1n) is 4.84. The second-order valence-electron chi connectivity index (χ2n) is 3.27. The van der Waals surface area contributed by atoms with Crippen LogP contribution in [0.4, 0.5) is 5.69 Å². The zero-order chi connectivity index (χ0) is 11.4. The molecule has 0 spiro atoms. The molecule has 2 nitrogen and oxygen atoms in total. The molecule has 0 radical (unpaired) electrons. The van der Waals surface area contributed by atoms with Crippen LogP contribution in [-0.2, 0) is 0 Å². The molecule has 1 aromatic heterocycles. The first kappa shape index (κ1) is 11.4. The lowest BCUT2D eigenvalue weighted by molar-refractivity contribution is 1.32. The second-order valence-corrected chi connectivity index (χ2v) is 4.44. The van der Waals surface area contributed by atoms with Crippen LogP contribution in [0.25, 0.3) is 10.9 Å². The third kappa shape index (κ3) is 2.54. The number of nitrogens with one attached hydrogen (secondary N) is 1. The van der Waals surface area contributed by atoms with Crippen molar-refractivity contribution in [3.63, 3.8) is 0 Å². The van der Waals surface area contributed by atoms with E-state index in [0.717, 1.165) is 21.1 Å². The predicted molar refractivity (Wildman–Crippen MR) is 72.9 cm³/mol. The fourth-order valence-electron chi connectivity index (χ4n) is 1.49. The number of hydrogen-bond acceptors (Lipinski definition) is 2. The first-order chi connectivity index (χ1) is 7.81. The Hall–Kier alpha value is -1.06. The highest BCUT2D eigenvalue weighted by atomic mass is 79.9. The van der Waals surface area contributed by atoms with Crippen LogP contribution in [0.1, 0.15) is 0 Å². The maximum atomic E-state index is 5.46. The quantitative estimate of drug-likeness (QED) is 0.920. The van der Waals surface area contributed by atoms with Crippen molar-refractivity contribution in [3.8, 4) is 0 Å². The van der Waals surface area contributed by atoms with E-state index in [1.807, 2.05) is 30.3 Å². The van der Waals surface area contributed by atoms with Gasteiger partial charge >= 0.3 is 0 Å². The Kier molecular flexibility index (Phi) is 3.80. The number of fused-ring (bicyclic) bond motifs is 1. The minimum absolute atomic E-state index is 0.695. The van der Waals surface area contributed by atoms with Crippen LogP contribution in [0, 0.1) is 0 Å². The van der Waals surface area contributed by atoms with Crippen LogP contribution in [0.3, 0.4) is 0 Å². The summed E-state index contributed by atoms with van der Waals surface area (Å²) in [6.45, 7) is 0.695. The van der Waals surface area contributed by atoms with Gasteiger partial charge in [-0.15, -0.1) is 0 Å². The summed E-state index contributed by atoms with van der Waals surface area (Å²) in [6, 6.07) is 8.09. The number of benzene rings is 1. The lowest BCUT2D eigenvalue weighted by Gasteiger charge is -2.06. The van der Waals surface area contributed by atoms with Crippen molar-refractivity contribution in [1.29, 1.82) is 0 Å². The highest BCUT2D eigenvalue weighted by Gasteiger charge is 2.01. The van der Waals surface area contributed by atoms with E-state index in [1.54, 1.807) is 6.20 Å². The molecule has 0 saturated carbocycles. The molecular weight excluding hydrogens is 288 g/mol. The molecule has 0 aliphatic rings. The molecule has 1 heterocycles. The summed E-state index contributed by atoms with van der Waals surface area (Å²) < 4.78 is 0.984. The number of pyridine rings is 1. The number of nitrogens with zero attached hydrogens (tertiary/aromatic N) is 1. The summed E-state index contributed by atoms with van der Waals surface area (Å²) in [5.41, 5.74) is 3.48. The predicted octanol–water partition coefficient (Wildman–Crippen LogP) is 4.16. The Morgan fingerprint density at radius 1 is 1.44 bits per heavy atom. The van der Waals surface area contributed by atoms with Crippen LogP contribution >= 0.6 is 27.5 Å². The molecule has 16 heavy (non-hydrogen) atoms. The molecule has 82 valence electrons. The van der Waals surface area contributed by atoms with Gasteiger partial charge in [0, 0.05) is 28.1 Å². The average Bonchev–Trinajstić information content (AvgIpc) is 2.29. The van der Waals surface area contributed by atoms with E-state index in [-0.39, 0.29) is 0 Å². The Morgan fingerprint density at radius 2 is 2.31 bits per heavy atom. The van der Waals surface area contributed by atoms with E-state index >= 15 is 0 Å². The van der Waals surface area contributed by atoms with Crippen LogP contribution in [0.15, 0.2) is 46.5 Å². The maximum absolute atomic E-state index is 5.46. The molecule has 4 heteroatoms. The largest absolute Gasteiger partial charge is 0.380 e. The summed E-state index contributed by atoms with van der Waals surface area (Å²) in [4.78, 5) is 4.39. The van der Waals surface area contributed by atoms with Gasteiger partial charge in [-0.3, -0.25) is 4.98 Å². The van der Waals surface area contributed by atoms with Gasteiger partial charge in [0.2, 0.25) is 0 Å². The number of rotatable bonds is 3. The Bertz CT molecular complexity index is 525. The summed E-state index contributed by atoms with van der Waals surface area (Å²) in [6.07, 6.45) is 3.64. The zero-order valence-electron chi connectivity index (χ0n) is 8.45. The molecule has 0 amide bonds. The van der Waals surface area contributed by atoms with Gasteiger partial charge in [0.1, 0.15) is 0 Å². The van der Waals surface area contributed by atoms with Crippen LogP contribution in [0.2, 0.25) is 0 Å². The Morgan fingerprint density at radius 3 is 3.12 bits per heavy atom. The lowest BCUT2D eigenvalue weighted by atomic mass is 10.2. The minimum Gasteiger partial charge on any atom is -0.380 e. The molecule has 1 aromatic carbocycles. The van der Waals surface area contributed by atoms with Crippen LogP contribution in [0.5, 0.6) is 0 Å². The molecule has 0 unspecified atom stereocenters. The molecule has 0 atom stereocenters. The van der Waals surface area contributed by atoms with E-state index < -0.39 is 0 Å². The number of aromatic nitrogens is 1. The van der Waals surface area contributed by atoms with E-state index in [1.165, 1.54) is 5.54 Å². The van der Waals surface area contributed by atoms with Gasteiger partial charge in [-0.1, -0.05) is 29.8 Å². The normalized spacial score (nSPS) is 11.1. The summed E-state index contributed by atoms with van der Waals surface area (Å²) >= 11 is 8.87. The third-order valence-corrected chi connectivity index (χ3v) is 2.79. The van der Waals surface area contributed by atoms with Gasteiger partial charge < -0.3 is 5.32 Å². The summed E-state index contributed by atoms with van der Waals surface area (Å²) in [5.74, 6) is 0. The van der Waals surface area contributed by atoms with Gasteiger partial charge in [-0.05, 0) is 28.1 Å². The monoisotopic (exact) mass is 296 g/mol. The average molecular weight is 298 g/mol. The summed E-state index contributed by atoms with van der Waals surface area (Å²) in [7, 11) is 0. The molecule has 2 aromatic rings. The van der Waals surface area contributed by atoms with E-state index in [9.17, 15) is 0 Å². The molecule has 0 fully saturated rings. The van der Waals surface area contributed by atoms with Crippen LogP contribution in [-0.4, -0.2) is 11.5 Å². The van der Waals surface area contributed by atoms with Gasteiger partial charge in [0.05, 0.1) is 11.2 Å². The summed E-state index contributed by atoms with van der Waals surface area (Å²) in [5, 5.41) is 4.36. The second kappa shape index (κ2) is 5.32. The van der Waals surface area contributed by atoms with E-state index in [4.69, 9.17) is 11.6 Å². The molecular formula is C12H10BrClN2. The first-order valence-corrected chi connectivity index (χ1v) is 6.07. The van der Waals surface area contributed by atoms with E-state index in [0.29, 0.717) is 6.54 Å². The Balaban J connectivity index is 2.37. The highest BCUT2D eigenvalue weighted by molar-refractivity contribution is 9.10. The van der Waals surface area contributed by atoms with Gasteiger partial charge in [-0.2, -0.15) is 0 Å². The Labute approximate surface area is 107 Å². The van der Waals surface area contributed by atoms with Crippen molar-refractivity contribution in [3.05, 3.63) is 46.5 Å². The standard InChI is InChI=1S/C12H10BrClN2/c13-10-7-9-3-1-4-11(12(9)16-8-10)15-6-2-5-14/h1-5,7-8,15H,6H2/b5-2+. The lowest BCUT2D eigenvalue weighted by Crippen LogP contribution is -1.99. The fourth-order valence-corrected chi connectivity index (χ4v) is 1.93.